The van der Waals surface area contributed by atoms with E-state index in [1.807, 2.05) is 0 Å². The van der Waals surface area contributed by atoms with Crippen LogP contribution < -0.4 is 9.47 Å². The lowest BCUT2D eigenvalue weighted by atomic mass is 9.82. The van der Waals surface area contributed by atoms with Crippen LogP contribution in [0.25, 0.3) is 0 Å². The molecule has 2 aliphatic rings. The number of aliphatic hydroxyl groups excluding tert-OH is 2. The molecular weight excluding hydrogens is 632 g/mol. The van der Waals surface area contributed by atoms with E-state index in [0.717, 1.165) is 24.3 Å². The molecule has 0 aromatic heterocycles. The van der Waals surface area contributed by atoms with Gasteiger partial charge in [-0.15, -0.1) is 0 Å². The fraction of sp³-hybridized carbons (Fsp3) is 0.265. The predicted molar refractivity (Wildman–Crippen MR) is 164 cm³/mol. The van der Waals surface area contributed by atoms with Crippen molar-refractivity contribution in [3.63, 3.8) is 0 Å². The van der Waals surface area contributed by atoms with Crippen LogP contribution in [-0.2, 0) is 22.4 Å². The summed E-state index contributed by atoms with van der Waals surface area (Å²) < 4.78 is 17.7. The van der Waals surface area contributed by atoms with Gasteiger partial charge in [0, 0.05) is 36.1 Å². The smallest absolute Gasteiger partial charge is 0.318 e. The van der Waals surface area contributed by atoms with Gasteiger partial charge < -0.3 is 65.3 Å². The van der Waals surface area contributed by atoms with Gasteiger partial charge in [-0.1, -0.05) is 12.1 Å². The molecule has 0 amide bonds. The Kier molecular flexibility index (Phi) is 8.14. The summed E-state index contributed by atoms with van der Waals surface area (Å²) in [6.45, 7) is 1.37. The zero-order valence-electron chi connectivity index (χ0n) is 25.2. The molecule has 4 atom stereocenters. The lowest BCUT2D eigenvalue weighted by Gasteiger charge is -2.36. The fourth-order valence-electron chi connectivity index (χ4n) is 6.27. The number of phenolic OH excluding ortho intramolecular Hbond substituents is 8. The minimum absolute atomic E-state index is 0.00947. The van der Waals surface area contributed by atoms with Crippen LogP contribution in [0, 0.1) is 0 Å². The average molecular weight is 665 g/mol. The molecule has 48 heavy (non-hydrogen) atoms. The second-order valence-corrected chi connectivity index (χ2v) is 11.6. The highest BCUT2D eigenvalue weighted by Crippen LogP contribution is 2.55. The molecule has 14 nitrogen and oxygen atoms in total. The Balaban J connectivity index is 1.56. The molecular formula is C34H32O14. The Labute approximate surface area is 272 Å². The van der Waals surface area contributed by atoms with E-state index in [9.17, 15) is 55.9 Å². The number of esters is 1. The Bertz CT molecular complexity index is 1790. The molecule has 0 spiro atoms. The summed E-state index contributed by atoms with van der Waals surface area (Å²) in [4.78, 5) is 13.9. The molecule has 252 valence electrons. The second-order valence-electron chi connectivity index (χ2n) is 11.6. The lowest BCUT2D eigenvalue weighted by molar-refractivity contribution is -0.144. The van der Waals surface area contributed by atoms with Gasteiger partial charge in [-0.05, 0) is 42.3 Å². The molecule has 0 saturated heterocycles. The highest BCUT2D eigenvalue weighted by atomic mass is 16.5. The third-order valence-electron chi connectivity index (χ3n) is 8.53. The van der Waals surface area contributed by atoms with Gasteiger partial charge in [0.1, 0.15) is 52.6 Å². The van der Waals surface area contributed by atoms with Crippen LogP contribution in [0.5, 0.6) is 57.5 Å². The third kappa shape index (κ3) is 5.40. The molecule has 10 N–H and O–H groups in total. The largest absolute Gasteiger partial charge is 0.507 e. The standard InChI is InChI=1S/C34H32O14/c1-2-46-34(45)29(27-23(41)11-19(37)15-9-25(43)30(47-32(15)27)13-3-5-17(35)21(39)7-13)28-24(42)12-20(38)16-10-26(44)31(48-33(16)28)14-4-6-18(36)22(40)8-14/h3-8,11-12,25-26,29-31,35-44H,2,9-10H2,1H3/t25-,26-,30+,31+/m0/s1. The number of aliphatic hydroxyl groups is 2. The van der Waals surface area contributed by atoms with Gasteiger partial charge >= 0.3 is 5.97 Å². The van der Waals surface area contributed by atoms with Gasteiger partial charge in [0.25, 0.3) is 0 Å². The molecule has 6 rings (SSSR count). The molecule has 2 aliphatic heterocycles. The van der Waals surface area contributed by atoms with Crippen LogP contribution >= 0.6 is 0 Å². The molecule has 0 aliphatic carbocycles. The molecule has 4 aromatic carbocycles. The number of benzene rings is 4. The normalized spacial score (nSPS) is 19.9. The first kappa shape index (κ1) is 32.2. The van der Waals surface area contributed by atoms with Crippen LogP contribution in [0.1, 0.15) is 58.4 Å². The molecule has 0 radical (unpaired) electrons. The van der Waals surface area contributed by atoms with Crippen molar-refractivity contribution in [2.75, 3.05) is 6.61 Å². The maximum absolute atomic E-state index is 13.9. The Morgan fingerprint density at radius 2 is 1.06 bits per heavy atom. The Morgan fingerprint density at radius 3 is 1.44 bits per heavy atom. The van der Waals surface area contributed by atoms with E-state index in [-0.39, 0.29) is 64.3 Å². The third-order valence-corrected chi connectivity index (χ3v) is 8.53. The summed E-state index contributed by atoms with van der Waals surface area (Å²) >= 11 is 0. The van der Waals surface area contributed by atoms with Crippen LogP contribution in [-0.4, -0.2) is 75.8 Å². The topological polar surface area (TPSA) is 247 Å². The number of hydrogen-bond donors (Lipinski definition) is 10. The van der Waals surface area contributed by atoms with E-state index in [1.165, 1.54) is 31.2 Å². The first-order valence-electron chi connectivity index (χ1n) is 14.9. The number of phenols is 8. The van der Waals surface area contributed by atoms with Gasteiger partial charge in [0.2, 0.25) is 0 Å². The second kappa shape index (κ2) is 12.1. The number of carbonyl (C=O) groups is 1. The van der Waals surface area contributed by atoms with Gasteiger partial charge in [-0.3, -0.25) is 4.79 Å². The van der Waals surface area contributed by atoms with Gasteiger partial charge in [-0.2, -0.15) is 0 Å². The molecule has 4 aromatic rings. The number of fused-ring (bicyclic) bond motifs is 2. The minimum atomic E-state index is -1.76. The maximum atomic E-state index is 13.9. The van der Waals surface area contributed by atoms with Gasteiger partial charge in [-0.25, -0.2) is 0 Å². The molecule has 14 heteroatoms. The number of rotatable bonds is 6. The molecule has 0 fully saturated rings. The van der Waals surface area contributed by atoms with Crippen molar-refractivity contribution in [1.29, 1.82) is 0 Å². The maximum Gasteiger partial charge on any atom is 0.318 e. The summed E-state index contributed by atoms with van der Waals surface area (Å²) in [5, 5.41) is 106. The lowest BCUT2D eigenvalue weighted by Crippen LogP contribution is -2.33. The Morgan fingerprint density at radius 1 is 0.646 bits per heavy atom. The number of ether oxygens (including phenoxy) is 3. The van der Waals surface area contributed by atoms with Gasteiger partial charge in [0.15, 0.2) is 23.0 Å². The SMILES string of the molecule is CCOC(=O)C(c1c(O)cc(O)c2c1O[C@H](c1ccc(O)c(O)c1)[C@@H](O)C2)c1c(O)cc(O)c2c1O[C@H](c1ccc(O)c(O)c1)[C@@H](O)C2. The number of aromatic hydroxyl groups is 8. The molecule has 0 bridgehead atoms. The van der Waals surface area contributed by atoms with E-state index in [1.54, 1.807) is 0 Å². The molecule has 2 heterocycles. The van der Waals surface area contributed by atoms with Crippen molar-refractivity contribution in [3.05, 3.63) is 81.9 Å². The monoisotopic (exact) mass is 664 g/mol. The average Bonchev–Trinajstić information content (AvgIpc) is 3.03. The van der Waals surface area contributed by atoms with Crippen molar-refractivity contribution in [2.24, 2.45) is 0 Å². The van der Waals surface area contributed by atoms with Crippen molar-refractivity contribution in [3.8, 4) is 57.5 Å². The zero-order valence-corrected chi connectivity index (χ0v) is 25.2. The van der Waals surface area contributed by atoms with Crippen LogP contribution in [0.4, 0.5) is 0 Å². The van der Waals surface area contributed by atoms with Crippen LogP contribution in [0.3, 0.4) is 0 Å². The highest BCUT2D eigenvalue weighted by molar-refractivity contribution is 5.88. The summed E-state index contributed by atoms with van der Waals surface area (Å²) in [6.07, 6.45) is -5.63. The highest BCUT2D eigenvalue weighted by Gasteiger charge is 2.44. The number of hydrogen-bond acceptors (Lipinski definition) is 14. The first-order valence-corrected chi connectivity index (χ1v) is 14.9. The molecule has 0 saturated carbocycles. The first-order chi connectivity index (χ1) is 22.8. The molecule has 0 unspecified atom stereocenters. The van der Waals surface area contributed by atoms with Crippen LogP contribution in [0.15, 0.2) is 48.5 Å². The zero-order chi connectivity index (χ0) is 34.6. The fourth-order valence-corrected chi connectivity index (χ4v) is 6.27. The van der Waals surface area contributed by atoms with Crippen molar-refractivity contribution in [1.82, 2.24) is 0 Å². The minimum Gasteiger partial charge on any atom is -0.507 e. The van der Waals surface area contributed by atoms with E-state index in [4.69, 9.17) is 14.2 Å². The van der Waals surface area contributed by atoms with E-state index < -0.39 is 82.3 Å². The van der Waals surface area contributed by atoms with Crippen molar-refractivity contribution >= 4 is 5.97 Å². The van der Waals surface area contributed by atoms with E-state index in [0.29, 0.717) is 0 Å². The quantitative estimate of drug-likeness (QED) is 0.105. The number of carbonyl (C=O) groups excluding carboxylic acids is 1. The van der Waals surface area contributed by atoms with Crippen molar-refractivity contribution in [2.45, 2.75) is 50.1 Å². The Hall–Kier alpha value is -5.73. The summed E-state index contributed by atoms with van der Waals surface area (Å²) in [6, 6.07) is 9.28. The van der Waals surface area contributed by atoms with Crippen molar-refractivity contribution < 1.29 is 70.1 Å². The van der Waals surface area contributed by atoms with Crippen LogP contribution in [0.2, 0.25) is 0 Å². The van der Waals surface area contributed by atoms with E-state index in [2.05, 4.69) is 0 Å². The van der Waals surface area contributed by atoms with Gasteiger partial charge in [0.05, 0.1) is 29.9 Å². The summed E-state index contributed by atoms with van der Waals surface area (Å²) in [5.74, 6) is -7.49. The summed E-state index contributed by atoms with van der Waals surface area (Å²) in [7, 11) is 0. The predicted octanol–water partition coefficient (Wildman–Crippen LogP) is 3.10. The summed E-state index contributed by atoms with van der Waals surface area (Å²) in [5.41, 5.74) is -0.232. The van der Waals surface area contributed by atoms with E-state index >= 15 is 0 Å².